The smallest absolute Gasteiger partial charge is 0.142 e. The fraction of sp³-hybridized carbons (Fsp3) is 0.0769. The fourth-order valence-electron chi connectivity index (χ4n) is 1.87. The Kier molecular flexibility index (Phi) is 3.06. The topological polar surface area (TPSA) is 56.2 Å². The second-order valence-corrected chi connectivity index (χ2v) is 5.26. The van der Waals surface area contributed by atoms with Gasteiger partial charge >= 0.3 is 0 Å². The molecule has 2 aromatic heterocycles. The van der Waals surface area contributed by atoms with Crippen LogP contribution in [0.1, 0.15) is 5.69 Å². The van der Waals surface area contributed by atoms with Gasteiger partial charge in [0.15, 0.2) is 0 Å². The van der Waals surface area contributed by atoms with Gasteiger partial charge in [-0.25, -0.2) is 18.3 Å². The van der Waals surface area contributed by atoms with E-state index in [1.165, 1.54) is 6.20 Å². The molecule has 0 radical (unpaired) electrons. The van der Waals surface area contributed by atoms with E-state index >= 15 is 0 Å². The Morgan fingerprint density at radius 1 is 1.20 bits per heavy atom. The third-order valence-corrected chi connectivity index (χ3v) is 3.80. The first-order chi connectivity index (χ1) is 9.54. The molecule has 20 heavy (non-hydrogen) atoms. The normalized spacial score (nSPS) is 11.2. The Hall–Kier alpha value is -2.15. The van der Waals surface area contributed by atoms with E-state index < -0.39 is 11.6 Å². The number of anilines is 1. The van der Waals surface area contributed by atoms with Gasteiger partial charge in [-0.05, 0) is 25.1 Å². The van der Waals surface area contributed by atoms with Crippen molar-refractivity contribution in [3.8, 4) is 0 Å². The number of hydrogen-bond acceptors (Lipinski definition) is 4. The van der Waals surface area contributed by atoms with Gasteiger partial charge in [-0.1, -0.05) is 11.8 Å². The standard InChI is InChI=1S/C13H10F2N4S/c1-7-4-11-13(17-2-3-19(11)18-7)20-12-9(14)5-8(16)6-10(12)15/h2-6H,16H2,1H3. The molecule has 0 unspecified atom stereocenters. The van der Waals surface area contributed by atoms with Gasteiger partial charge in [-0.15, -0.1) is 0 Å². The van der Waals surface area contributed by atoms with Crippen LogP contribution in [0.5, 0.6) is 0 Å². The highest BCUT2D eigenvalue weighted by atomic mass is 32.2. The molecule has 0 spiro atoms. The molecule has 3 rings (SSSR count). The zero-order valence-corrected chi connectivity index (χ0v) is 11.3. The lowest BCUT2D eigenvalue weighted by molar-refractivity contribution is 0.541. The van der Waals surface area contributed by atoms with E-state index in [4.69, 9.17) is 5.73 Å². The number of aryl methyl sites for hydroxylation is 1. The summed E-state index contributed by atoms with van der Waals surface area (Å²) in [5, 5.41) is 4.71. The number of halogens is 2. The summed E-state index contributed by atoms with van der Waals surface area (Å²) in [4.78, 5) is 4.03. The van der Waals surface area contributed by atoms with E-state index in [1.807, 2.05) is 13.0 Å². The highest BCUT2D eigenvalue weighted by Gasteiger charge is 2.15. The van der Waals surface area contributed by atoms with Crippen LogP contribution < -0.4 is 5.73 Å². The summed E-state index contributed by atoms with van der Waals surface area (Å²) in [6.45, 7) is 1.84. The number of aromatic nitrogens is 3. The average molecular weight is 292 g/mol. The van der Waals surface area contributed by atoms with Crippen molar-refractivity contribution in [3.63, 3.8) is 0 Å². The van der Waals surface area contributed by atoms with Gasteiger partial charge in [0.05, 0.1) is 16.1 Å². The Morgan fingerprint density at radius 2 is 1.90 bits per heavy atom. The Balaban J connectivity index is 2.10. The Bertz CT molecular complexity index is 777. The van der Waals surface area contributed by atoms with E-state index in [1.54, 1.807) is 10.7 Å². The number of nitrogens with two attached hydrogens (primary N) is 1. The predicted molar refractivity (Wildman–Crippen MR) is 72.6 cm³/mol. The van der Waals surface area contributed by atoms with Crippen molar-refractivity contribution in [2.45, 2.75) is 16.8 Å². The van der Waals surface area contributed by atoms with E-state index in [-0.39, 0.29) is 10.6 Å². The SMILES string of the molecule is Cc1cc2c(Sc3c(F)cc(N)cc3F)nccn2n1. The monoisotopic (exact) mass is 292 g/mol. The van der Waals surface area contributed by atoms with Crippen LogP contribution >= 0.6 is 11.8 Å². The Morgan fingerprint density at radius 3 is 2.60 bits per heavy atom. The molecule has 0 aliphatic carbocycles. The molecule has 4 nitrogen and oxygen atoms in total. The second kappa shape index (κ2) is 4.75. The first-order valence-electron chi connectivity index (χ1n) is 5.78. The zero-order valence-electron chi connectivity index (χ0n) is 10.5. The molecule has 0 atom stereocenters. The zero-order chi connectivity index (χ0) is 14.3. The number of benzene rings is 1. The summed E-state index contributed by atoms with van der Waals surface area (Å²) < 4.78 is 29.2. The second-order valence-electron chi connectivity index (χ2n) is 4.26. The van der Waals surface area contributed by atoms with Crippen molar-refractivity contribution in [3.05, 3.63) is 47.9 Å². The highest BCUT2D eigenvalue weighted by Crippen LogP contribution is 2.34. The maximum atomic E-state index is 13.8. The van der Waals surface area contributed by atoms with Crippen LogP contribution in [0.15, 0.2) is 40.5 Å². The molecular weight excluding hydrogens is 282 g/mol. The van der Waals surface area contributed by atoms with Gasteiger partial charge in [0.25, 0.3) is 0 Å². The van der Waals surface area contributed by atoms with Crippen LogP contribution in [-0.2, 0) is 0 Å². The largest absolute Gasteiger partial charge is 0.399 e. The minimum Gasteiger partial charge on any atom is -0.399 e. The van der Waals surface area contributed by atoms with Crippen molar-refractivity contribution in [2.24, 2.45) is 0 Å². The van der Waals surface area contributed by atoms with Crippen LogP contribution in [-0.4, -0.2) is 14.6 Å². The van der Waals surface area contributed by atoms with Crippen LogP contribution in [0.3, 0.4) is 0 Å². The van der Waals surface area contributed by atoms with Crippen molar-refractivity contribution in [1.29, 1.82) is 0 Å². The van der Waals surface area contributed by atoms with Gasteiger partial charge in [-0.2, -0.15) is 5.10 Å². The third kappa shape index (κ3) is 2.20. The van der Waals surface area contributed by atoms with Crippen LogP contribution in [0.4, 0.5) is 14.5 Å². The van der Waals surface area contributed by atoms with Crippen molar-refractivity contribution in [1.82, 2.24) is 14.6 Å². The minimum absolute atomic E-state index is 0.0516. The summed E-state index contributed by atoms with van der Waals surface area (Å²) in [5.74, 6) is -1.40. The van der Waals surface area contributed by atoms with Gasteiger partial charge in [0, 0.05) is 18.1 Å². The maximum absolute atomic E-state index is 13.8. The maximum Gasteiger partial charge on any atom is 0.142 e. The van der Waals surface area contributed by atoms with Crippen LogP contribution in [0.25, 0.3) is 5.52 Å². The summed E-state index contributed by atoms with van der Waals surface area (Å²) in [7, 11) is 0. The molecule has 0 fully saturated rings. The lowest BCUT2D eigenvalue weighted by atomic mass is 10.3. The number of nitrogens with zero attached hydrogens (tertiary/aromatic N) is 3. The quantitative estimate of drug-likeness (QED) is 0.738. The van der Waals surface area contributed by atoms with Crippen molar-refractivity contribution in [2.75, 3.05) is 5.73 Å². The number of hydrogen-bond donors (Lipinski definition) is 1. The summed E-state index contributed by atoms with van der Waals surface area (Å²) >= 11 is 0.915. The highest BCUT2D eigenvalue weighted by molar-refractivity contribution is 7.99. The molecule has 7 heteroatoms. The summed E-state index contributed by atoms with van der Waals surface area (Å²) in [6.07, 6.45) is 3.22. The molecule has 0 bridgehead atoms. The molecule has 2 N–H and O–H groups in total. The molecule has 0 aliphatic heterocycles. The van der Waals surface area contributed by atoms with Crippen molar-refractivity contribution < 1.29 is 8.78 Å². The summed E-state index contributed by atoms with van der Waals surface area (Å²) in [5.41, 5.74) is 6.95. The molecule has 102 valence electrons. The Labute approximate surface area is 117 Å². The average Bonchev–Trinajstić information content (AvgIpc) is 2.74. The predicted octanol–water partition coefficient (Wildman–Crippen LogP) is 3.05. The molecule has 1 aromatic carbocycles. The van der Waals surface area contributed by atoms with Crippen LogP contribution in [0, 0.1) is 18.6 Å². The molecule has 0 amide bonds. The van der Waals surface area contributed by atoms with Crippen LogP contribution in [0.2, 0.25) is 0 Å². The van der Waals surface area contributed by atoms with Gasteiger partial charge in [0.2, 0.25) is 0 Å². The first kappa shape index (κ1) is 12.9. The lowest BCUT2D eigenvalue weighted by Gasteiger charge is -2.06. The van der Waals surface area contributed by atoms with Gasteiger partial charge in [0.1, 0.15) is 16.7 Å². The fourth-order valence-corrected chi connectivity index (χ4v) is 2.75. The lowest BCUT2D eigenvalue weighted by Crippen LogP contribution is -1.95. The van der Waals surface area contributed by atoms with E-state index in [9.17, 15) is 8.78 Å². The van der Waals surface area contributed by atoms with Gasteiger partial charge in [-0.3, -0.25) is 0 Å². The summed E-state index contributed by atoms with van der Waals surface area (Å²) in [6, 6.07) is 3.99. The first-order valence-corrected chi connectivity index (χ1v) is 6.59. The van der Waals surface area contributed by atoms with Crippen molar-refractivity contribution >= 4 is 23.0 Å². The number of nitrogen functional groups attached to an aromatic ring is 1. The number of rotatable bonds is 2. The van der Waals surface area contributed by atoms with Gasteiger partial charge < -0.3 is 5.73 Å². The molecule has 2 heterocycles. The van der Waals surface area contributed by atoms with E-state index in [2.05, 4.69) is 10.1 Å². The molecule has 0 saturated heterocycles. The minimum atomic E-state index is -0.701. The molecule has 0 aliphatic rings. The van der Waals surface area contributed by atoms with E-state index in [0.717, 1.165) is 29.6 Å². The molecular formula is C13H10F2N4S. The third-order valence-electron chi connectivity index (χ3n) is 2.70. The van der Waals surface area contributed by atoms with E-state index in [0.29, 0.717) is 10.5 Å². The number of fused-ring (bicyclic) bond motifs is 1. The molecule has 3 aromatic rings. The molecule has 0 saturated carbocycles.